The van der Waals surface area contributed by atoms with Crippen LogP contribution in [0.4, 0.5) is 0 Å². The summed E-state index contributed by atoms with van der Waals surface area (Å²) in [6.07, 6.45) is 0.677. The molecular weight excluding hydrogens is 297 g/mol. The number of hydrogen-bond donors (Lipinski definition) is 1. The fourth-order valence-electron chi connectivity index (χ4n) is 1.36. The van der Waals surface area contributed by atoms with Crippen LogP contribution in [-0.2, 0) is 14.8 Å². The second kappa shape index (κ2) is 5.91. The first-order valence-electron chi connectivity index (χ1n) is 5.30. The maximum Gasteiger partial charge on any atom is 0.267 e. The average molecular weight is 310 g/mol. The van der Waals surface area contributed by atoms with Crippen LogP contribution in [0.1, 0.15) is 25.3 Å². The van der Waals surface area contributed by atoms with Crippen molar-refractivity contribution in [1.82, 2.24) is 4.72 Å². The van der Waals surface area contributed by atoms with E-state index in [4.69, 9.17) is 23.2 Å². The lowest BCUT2D eigenvalue weighted by Gasteiger charge is -2.11. The normalized spacial score (nSPS) is 11.3. The highest BCUT2D eigenvalue weighted by Gasteiger charge is 2.24. The highest BCUT2D eigenvalue weighted by molar-refractivity contribution is 7.90. The lowest BCUT2D eigenvalue weighted by atomic mass is 10.2. The average Bonchev–Trinajstić information content (AvgIpc) is 2.23. The maximum absolute atomic E-state index is 12.0. The second-order valence-corrected chi connectivity index (χ2v) is 6.19. The number of amides is 1. The molecule has 7 heteroatoms. The van der Waals surface area contributed by atoms with Crippen LogP contribution in [0.5, 0.6) is 0 Å². The third kappa shape index (κ3) is 3.37. The van der Waals surface area contributed by atoms with Gasteiger partial charge in [-0.05, 0) is 25.0 Å². The molecule has 1 aromatic carbocycles. The summed E-state index contributed by atoms with van der Waals surface area (Å²) in [5.74, 6) is -0.578. The molecular formula is C11H13Cl2NO3S. The molecule has 0 atom stereocenters. The lowest BCUT2D eigenvalue weighted by molar-refractivity contribution is -0.119. The summed E-state index contributed by atoms with van der Waals surface area (Å²) in [5, 5.41) is 0.0155. The van der Waals surface area contributed by atoms with Crippen LogP contribution in [0, 0.1) is 6.92 Å². The van der Waals surface area contributed by atoms with Crippen LogP contribution >= 0.6 is 23.2 Å². The van der Waals surface area contributed by atoms with E-state index in [0.717, 1.165) is 0 Å². The largest absolute Gasteiger partial charge is 0.274 e. The fraction of sp³-hybridized carbons (Fsp3) is 0.364. The van der Waals surface area contributed by atoms with Crippen LogP contribution in [0.2, 0.25) is 10.0 Å². The molecule has 0 radical (unpaired) electrons. The number of carbonyl (C=O) groups is 1. The van der Waals surface area contributed by atoms with Crippen molar-refractivity contribution in [2.45, 2.75) is 31.6 Å². The number of carbonyl (C=O) groups excluding carboxylic acids is 1. The zero-order chi connectivity index (χ0) is 13.9. The first-order valence-corrected chi connectivity index (χ1v) is 7.53. The molecule has 4 nitrogen and oxygen atoms in total. The quantitative estimate of drug-likeness (QED) is 0.930. The van der Waals surface area contributed by atoms with Crippen molar-refractivity contribution in [2.75, 3.05) is 0 Å². The zero-order valence-electron chi connectivity index (χ0n) is 9.96. The van der Waals surface area contributed by atoms with Gasteiger partial charge in [-0.25, -0.2) is 13.1 Å². The first kappa shape index (κ1) is 15.3. The summed E-state index contributed by atoms with van der Waals surface area (Å²) in [6.45, 7) is 3.43. The van der Waals surface area contributed by atoms with Crippen molar-refractivity contribution in [3.63, 3.8) is 0 Å². The molecule has 0 spiro atoms. The van der Waals surface area contributed by atoms with E-state index in [1.807, 2.05) is 4.72 Å². The molecule has 0 aliphatic carbocycles. The van der Waals surface area contributed by atoms with Gasteiger partial charge in [0.15, 0.2) is 0 Å². The van der Waals surface area contributed by atoms with Gasteiger partial charge in [0.05, 0.1) is 10.0 Å². The smallest absolute Gasteiger partial charge is 0.267 e. The van der Waals surface area contributed by atoms with Gasteiger partial charge in [-0.15, -0.1) is 0 Å². The molecule has 1 amide bonds. The molecule has 1 N–H and O–H groups in total. The Morgan fingerprint density at radius 2 is 1.94 bits per heavy atom. The van der Waals surface area contributed by atoms with Gasteiger partial charge in [-0.2, -0.15) is 0 Å². The molecule has 0 heterocycles. The standard InChI is InChI=1S/C11H13Cl2NO3S/c1-3-4-9(15)14-18(16,17)11-8(12)6-5-7(2)10(11)13/h5-6H,3-4H2,1-2H3,(H,14,15). The predicted octanol–water partition coefficient (Wildman–Crippen LogP) is 2.91. The summed E-state index contributed by atoms with van der Waals surface area (Å²) >= 11 is 11.8. The van der Waals surface area contributed by atoms with Crippen LogP contribution < -0.4 is 4.72 Å². The van der Waals surface area contributed by atoms with Gasteiger partial charge in [0.2, 0.25) is 5.91 Å². The van der Waals surface area contributed by atoms with E-state index in [9.17, 15) is 13.2 Å². The Balaban J connectivity index is 3.21. The molecule has 0 aromatic heterocycles. The monoisotopic (exact) mass is 309 g/mol. The lowest BCUT2D eigenvalue weighted by Crippen LogP contribution is -2.30. The van der Waals surface area contributed by atoms with Crippen molar-refractivity contribution in [1.29, 1.82) is 0 Å². The Kier molecular flexibility index (Phi) is 5.01. The SMILES string of the molecule is CCCC(=O)NS(=O)(=O)c1c(Cl)ccc(C)c1Cl. The number of aryl methyl sites for hydroxylation is 1. The molecule has 0 aliphatic rings. The Morgan fingerprint density at radius 1 is 1.33 bits per heavy atom. The van der Waals surface area contributed by atoms with E-state index in [2.05, 4.69) is 0 Å². The summed E-state index contributed by atoms with van der Waals surface area (Å²) < 4.78 is 26.0. The van der Waals surface area contributed by atoms with Gasteiger partial charge < -0.3 is 0 Å². The summed E-state index contributed by atoms with van der Waals surface area (Å²) in [5.41, 5.74) is 0.574. The minimum Gasteiger partial charge on any atom is -0.274 e. The van der Waals surface area contributed by atoms with E-state index in [1.165, 1.54) is 6.07 Å². The van der Waals surface area contributed by atoms with Crippen LogP contribution in [-0.4, -0.2) is 14.3 Å². The summed E-state index contributed by atoms with van der Waals surface area (Å²) in [7, 11) is -4.03. The van der Waals surface area contributed by atoms with Crippen molar-refractivity contribution in [3.8, 4) is 0 Å². The van der Waals surface area contributed by atoms with Crippen LogP contribution in [0.15, 0.2) is 17.0 Å². The van der Waals surface area contributed by atoms with Crippen molar-refractivity contribution >= 4 is 39.1 Å². The fourth-order valence-corrected chi connectivity index (χ4v) is 3.56. The Morgan fingerprint density at radius 3 is 2.50 bits per heavy atom. The highest BCUT2D eigenvalue weighted by atomic mass is 35.5. The van der Waals surface area contributed by atoms with Crippen molar-refractivity contribution < 1.29 is 13.2 Å². The number of nitrogens with one attached hydrogen (secondary N) is 1. The van der Waals surface area contributed by atoms with Gasteiger partial charge in [-0.3, -0.25) is 4.79 Å². The van der Waals surface area contributed by atoms with E-state index in [0.29, 0.717) is 12.0 Å². The zero-order valence-corrected chi connectivity index (χ0v) is 12.3. The molecule has 1 rings (SSSR count). The van der Waals surface area contributed by atoms with Gasteiger partial charge in [0.25, 0.3) is 10.0 Å². The van der Waals surface area contributed by atoms with Crippen molar-refractivity contribution in [2.24, 2.45) is 0 Å². The molecule has 0 fully saturated rings. The third-order valence-corrected chi connectivity index (χ3v) is 4.72. The predicted molar refractivity (Wildman–Crippen MR) is 71.4 cm³/mol. The first-order chi connectivity index (χ1) is 8.29. The van der Waals surface area contributed by atoms with Gasteiger partial charge in [0, 0.05) is 6.42 Å². The molecule has 0 bridgehead atoms. The molecule has 100 valence electrons. The Bertz CT molecular complexity index is 570. The van der Waals surface area contributed by atoms with E-state index < -0.39 is 15.9 Å². The molecule has 1 aromatic rings. The molecule has 0 saturated heterocycles. The Hall–Kier alpha value is -0.780. The molecule has 0 saturated carbocycles. The minimum absolute atomic E-state index is 0.0117. The van der Waals surface area contributed by atoms with Gasteiger partial charge >= 0.3 is 0 Å². The van der Waals surface area contributed by atoms with Gasteiger partial charge in [0.1, 0.15) is 4.90 Å². The van der Waals surface area contributed by atoms with Gasteiger partial charge in [-0.1, -0.05) is 36.2 Å². The van der Waals surface area contributed by atoms with Crippen molar-refractivity contribution in [3.05, 3.63) is 27.7 Å². The molecule has 0 aliphatic heterocycles. The topological polar surface area (TPSA) is 63.2 Å². The Labute approximate surface area is 116 Å². The maximum atomic E-state index is 12.0. The number of sulfonamides is 1. The van der Waals surface area contributed by atoms with E-state index in [1.54, 1.807) is 19.9 Å². The number of rotatable bonds is 4. The van der Waals surface area contributed by atoms with E-state index >= 15 is 0 Å². The van der Waals surface area contributed by atoms with E-state index in [-0.39, 0.29) is 21.4 Å². The number of halogens is 2. The molecule has 0 unspecified atom stereocenters. The second-order valence-electron chi connectivity index (χ2n) is 3.79. The van der Waals surface area contributed by atoms with Crippen LogP contribution in [0.3, 0.4) is 0 Å². The minimum atomic E-state index is -4.03. The third-order valence-electron chi connectivity index (χ3n) is 2.24. The summed E-state index contributed by atoms with van der Waals surface area (Å²) in [6, 6.07) is 3.04. The number of hydrogen-bond acceptors (Lipinski definition) is 3. The molecule has 18 heavy (non-hydrogen) atoms. The number of benzene rings is 1. The van der Waals surface area contributed by atoms with Crippen LogP contribution in [0.25, 0.3) is 0 Å². The summed E-state index contributed by atoms with van der Waals surface area (Å²) in [4.78, 5) is 11.1. The highest BCUT2D eigenvalue weighted by Crippen LogP contribution is 2.31.